The van der Waals surface area contributed by atoms with Crippen LogP contribution in [0.2, 0.25) is 0 Å². The molecule has 2 aromatic carbocycles. The van der Waals surface area contributed by atoms with Crippen molar-refractivity contribution < 1.29 is 4.79 Å². The Morgan fingerprint density at radius 3 is 2.59 bits per heavy atom. The lowest BCUT2D eigenvalue weighted by atomic mass is 9.98. The Balaban J connectivity index is 1.44. The van der Waals surface area contributed by atoms with Gasteiger partial charge < -0.3 is 9.47 Å². The molecule has 8 heteroatoms. The average molecular weight is 456 g/mol. The number of carbonyl (C=O) groups excluding carboxylic acids is 1. The first-order valence-corrected chi connectivity index (χ1v) is 11.9. The molecule has 34 heavy (non-hydrogen) atoms. The van der Waals surface area contributed by atoms with Gasteiger partial charge in [-0.3, -0.25) is 4.79 Å². The molecule has 0 aliphatic carbocycles. The van der Waals surface area contributed by atoms with Gasteiger partial charge in [-0.1, -0.05) is 61.9 Å². The Kier molecular flexibility index (Phi) is 6.20. The van der Waals surface area contributed by atoms with Gasteiger partial charge in [-0.05, 0) is 28.3 Å². The van der Waals surface area contributed by atoms with Gasteiger partial charge >= 0.3 is 0 Å². The predicted molar refractivity (Wildman–Crippen MR) is 130 cm³/mol. The summed E-state index contributed by atoms with van der Waals surface area (Å²) < 4.78 is 2.34. The van der Waals surface area contributed by atoms with E-state index in [-0.39, 0.29) is 5.91 Å². The number of rotatable bonds is 7. The van der Waals surface area contributed by atoms with Crippen LogP contribution in [0.15, 0.2) is 48.5 Å². The largest absolute Gasteiger partial charge is 0.337 e. The number of carbonyl (C=O) groups is 1. The number of tetrazole rings is 1. The van der Waals surface area contributed by atoms with E-state index in [1.54, 1.807) is 6.92 Å². The quantitative estimate of drug-likeness (QED) is 0.454. The molecule has 0 spiro atoms. The first kappa shape index (κ1) is 22.0. The fraction of sp³-hybridized carbons (Fsp3) is 0.346. The van der Waals surface area contributed by atoms with Crippen LogP contribution in [0.4, 0.5) is 0 Å². The van der Waals surface area contributed by atoms with E-state index >= 15 is 0 Å². The molecule has 0 unspecified atom stereocenters. The van der Waals surface area contributed by atoms with E-state index < -0.39 is 0 Å². The minimum atomic E-state index is 0.123. The van der Waals surface area contributed by atoms with Gasteiger partial charge in [0.25, 0.3) is 0 Å². The molecule has 1 aliphatic heterocycles. The molecule has 8 nitrogen and oxygen atoms in total. The minimum Gasteiger partial charge on any atom is -0.337 e. The number of nitrogens with zero attached hydrogens (tertiary/aromatic N) is 6. The van der Waals surface area contributed by atoms with E-state index in [9.17, 15) is 4.79 Å². The summed E-state index contributed by atoms with van der Waals surface area (Å²) in [5.41, 5.74) is 6.65. The molecule has 1 amide bonds. The molecule has 1 aliphatic rings. The van der Waals surface area contributed by atoms with Gasteiger partial charge in [0, 0.05) is 38.4 Å². The molecule has 0 fully saturated rings. The molecular weight excluding hydrogens is 426 g/mol. The molecule has 0 saturated carbocycles. The number of imidazole rings is 1. The summed E-state index contributed by atoms with van der Waals surface area (Å²) in [7, 11) is 0. The lowest BCUT2D eigenvalue weighted by Crippen LogP contribution is -2.35. The summed E-state index contributed by atoms with van der Waals surface area (Å²) in [6, 6.07) is 16.7. The minimum absolute atomic E-state index is 0.123. The number of fused-ring (bicyclic) bond motifs is 1. The molecule has 174 valence electrons. The molecule has 0 saturated heterocycles. The number of unbranched alkanes of at least 4 members (excludes halogenated alkanes) is 1. The molecule has 5 rings (SSSR count). The van der Waals surface area contributed by atoms with Crippen LogP contribution in [0.25, 0.3) is 22.5 Å². The summed E-state index contributed by atoms with van der Waals surface area (Å²) in [5.74, 6) is 1.84. The maximum atomic E-state index is 12.0. The van der Waals surface area contributed by atoms with Crippen molar-refractivity contribution >= 4 is 5.91 Å². The van der Waals surface area contributed by atoms with Gasteiger partial charge in [-0.15, -0.1) is 10.2 Å². The summed E-state index contributed by atoms with van der Waals surface area (Å²) >= 11 is 0. The Hall–Kier alpha value is -3.81. The second-order valence-electron chi connectivity index (χ2n) is 8.78. The highest BCUT2D eigenvalue weighted by Gasteiger charge is 2.25. The lowest BCUT2D eigenvalue weighted by Gasteiger charge is -2.26. The predicted octanol–water partition coefficient (Wildman–Crippen LogP) is 4.03. The second-order valence-corrected chi connectivity index (χ2v) is 8.78. The van der Waals surface area contributed by atoms with E-state index in [1.165, 1.54) is 11.3 Å². The maximum Gasteiger partial charge on any atom is 0.219 e. The zero-order chi connectivity index (χ0) is 23.5. The summed E-state index contributed by atoms with van der Waals surface area (Å²) in [4.78, 5) is 18.9. The second kappa shape index (κ2) is 9.59. The van der Waals surface area contributed by atoms with E-state index in [0.29, 0.717) is 12.4 Å². The highest BCUT2D eigenvalue weighted by Crippen LogP contribution is 2.30. The third kappa shape index (κ3) is 4.35. The van der Waals surface area contributed by atoms with E-state index in [1.807, 2.05) is 23.1 Å². The number of aryl methyl sites for hydroxylation is 1. The highest BCUT2D eigenvalue weighted by molar-refractivity contribution is 5.80. The Bertz CT molecular complexity index is 1280. The first-order valence-electron chi connectivity index (χ1n) is 11.9. The Labute approximate surface area is 199 Å². The van der Waals surface area contributed by atoms with Crippen LogP contribution in [0, 0.1) is 0 Å². The molecule has 3 heterocycles. The van der Waals surface area contributed by atoms with Crippen molar-refractivity contribution in [3.8, 4) is 22.5 Å². The van der Waals surface area contributed by atoms with Gasteiger partial charge in [0.05, 0.1) is 17.9 Å². The molecule has 0 bridgehead atoms. The third-order valence-electron chi connectivity index (χ3n) is 6.51. The van der Waals surface area contributed by atoms with Crippen LogP contribution < -0.4 is 0 Å². The smallest absolute Gasteiger partial charge is 0.219 e. The van der Waals surface area contributed by atoms with Crippen molar-refractivity contribution in [2.24, 2.45) is 0 Å². The van der Waals surface area contributed by atoms with Crippen molar-refractivity contribution in [1.29, 1.82) is 0 Å². The van der Waals surface area contributed by atoms with Crippen LogP contribution in [-0.2, 0) is 30.7 Å². The van der Waals surface area contributed by atoms with E-state index in [4.69, 9.17) is 4.98 Å². The number of aromatic amines is 1. The SMILES string of the molecule is CCCCc1nc2c(n1Cc1ccc(-c3ccccc3-c3nn[nH]n3)cc1)CN(C(C)=O)CC2. The average Bonchev–Trinajstić information content (AvgIpc) is 3.51. The summed E-state index contributed by atoms with van der Waals surface area (Å²) in [6.45, 7) is 5.99. The molecule has 1 N–H and O–H groups in total. The van der Waals surface area contributed by atoms with Crippen LogP contribution in [0.5, 0.6) is 0 Å². The monoisotopic (exact) mass is 455 g/mol. The van der Waals surface area contributed by atoms with Crippen molar-refractivity contribution in [2.75, 3.05) is 6.54 Å². The number of nitrogens with one attached hydrogen (secondary N) is 1. The topological polar surface area (TPSA) is 92.6 Å². The zero-order valence-electron chi connectivity index (χ0n) is 19.7. The van der Waals surface area contributed by atoms with Crippen LogP contribution in [0.3, 0.4) is 0 Å². The molecular formula is C26H29N7O. The molecule has 2 aromatic heterocycles. The van der Waals surface area contributed by atoms with Gasteiger partial charge in [0.1, 0.15) is 5.82 Å². The van der Waals surface area contributed by atoms with Crippen molar-refractivity contribution in [3.05, 3.63) is 71.3 Å². The van der Waals surface area contributed by atoms with Gasteiger partial charge in [0.15, 0.2) is 0 Å². The zero-order valence-corrected chi connectivity index (χ0v) is 19.7. The summed E-state index contributed by atoms with van der Waals surface area (Å²) in [6.07, 6.45) is 4.02. The van der Waals surface area contributed by atoms with E-state index in [2.05, 4.69) is 62.4 Å². The van der Waals surface area contributed by atoms with Crippen molar-refractivity contribution in [3.63, 3.8) is 0 Å². The number of hydrogen-bond acceptors (Lipinski definition) is 5. The lowest BCUT2D eigenvalue weighted by molar-refractivity contribution is -0.129. The van der Waals surface area contributed by atoms with E-state index in [0.717, 1.165) is 67.0 Å². The fourth-order valence-corrected chi connectivity index (χ4v) is 4.63. The Morgan fingerprint density at radius 2 is 1.88 bits per heavy atom. The number of hydrogen-bond donors (Lipinski definition) is 1. The molecule has 4 aromatic rings. The van der Waals surface area contributed by atoms with Crippen molar-refractivity contribution in [1.82, 2.24) is 35.1 Å². The molecule has 0 radical (unpaired) electrons. The van der Waals surface area contributed by atoms with Gasteiger partial charge in [-0.25, -0.2) is 4.98 Å². The standard InChI is InChI=1S/C26H29N7O/c1-3-4-9-25-27-23-14-15-32(18(2)34)17-24(23)33(25)16-19-10-12-20(13-11-19)21-7-5-6-8-22(21)26-28-30-31-29-26/h5-8,10-13H,3-4,9,14-17H2,1-2H3,(H,28,29,30,31). The number of aromatic nitrogens is 6. The van der Waals surface area contributed by atoms with Gasteiger partial charge in [-0.2, -0.15) is 5.21 Å². The van der Waals surface area contributed by atoms with Crippen LogP contribution >= 0.6 is 0 Å². The normalized spacial score (nSPS) is 13.2. The Morgan fingerprint density at radius 1 is 1.09 bits per heavy atom. The van der Waals surface area contributed by atoms with Crippen molar-refractivity contribution in [2.45, 2.75) is 52.6 Å². The third-order valence-corrected chi connectivity index (χ3v) is 6.51. The molecule has 0 atom stereocenters. The maximum absolute atomic E-state index is 12.0. The van der Waals surface area contributed by atoms with Crippen LogP contribution in [0.1, 0.15) is 49.5 Å². The number of H-pyrrole nitrogens is 1. The van der Waals surface area contributed by atoms with Crippen LogP contribution in [-0.4, -0.2) is 47.5 Å². The number of benzene rings is 2. The highest BCUT2D eigenvalue weighted by atomic mass is 16.2. The van der Waals surface area contributed by atoms with Gasteiger partial charge in [0.2, 0.25) is 11.7 Å². The summed E-state index contributed by atoms with van der Waals surface area (Å²) in [5, 5.41) is 14.5. The number of amides is 1. The fourth-order valence-electron chi connectivity index (χ4n) is 4.63. The first-order chi connectivity index (χ1) is 16.6.